The SMILES string of the molecule is CCCCc1ccc(N2C(=O)c3ccccc3N[C@@]23C(=O)N(CC)c2ccccc23)cc1. The Kier molecular flexibility index (Phi) is 4.97. The van der Waals surface area contributed by atoms with E-state index in [-0.39, 0.29) is 11.8 Å². The van der Waals surface area contributed by atoms with Gasteiger partial charge in [-0.05, 0) is 55.7 Å². The Labute approximate surface area is 188 Å². The van der Waals surface area contributed by atoms with Crippen LogP contribution in [-0.2, 0) is 16.9 Å². The molecule has 0 saturated heterocycles. The molecule has 1 N–H and O–H groups in total. The summed E-state index contributed by atoms with van der Waals surface area (Å²) in [5.74, 6) is -0.319. The molecule has 5 nitrogen and oxygen atoms in total. The number of nitrogens with one attached hydrogen (secondary N) is 1. The van der Waals surface area contributed by atoms with Gasteiger partial charge < -0.3 is 10.2 Å². The number of hydrogen-bond donors (Lipinski definition) is 1. The topological polar surface area (TPSA) is 52.7 Å². The molecular formula is C27H27N3O2. The maximum atomic E-state index is 14.0. The molecule has 5 rings (SSSR count). The molecule has 0 radical (unpaired) electrons. The van der Waals surface area contributed by atoms with E-state index in [1.165, 1.54) is 5.56 Å². The van der Waals surface area contributed by atoms with Crippen LogP contribution in [0.3, 0.4) is 0 Å². The lowest BCUT2D eigenvalue weighted by Crippen LogP contribution is -2.63. The number of carbonyl (C=O) groups excluding carboxylic acids is 2. The minimum Gasteiger partial charge on any atom is -0.350 e. The number of unbranched alkanes of at least 4 members (excludes halogenated alkanes) is 1. The highest BCUT2D eigenvalue weighted by Gasteiger charge is 2.59. The summed E-state index contributed by atoms with van der Waals surface area (Å²) in [6.45, 7) is 4.66. The zero-order chi connectivity index (χ0) is 22.3. The van der Waals surface area contributed by atoms with E-state index in [0.29, 0.717) is 23.5 Å². The quantitative estimate of drug-likeness (QED) is 0.602. The number of carbonyl (C=O) groups is 2. The molecule has 2 heterocycles. The molecule has 5 heteroatoms. The Morgan fingerprint density at radius 1 is 0.875 bits per heavy atom. The smallest absolute Gasteiger partial charge is 0.279 e. The van der Waals surface area contributed by atoms with E-state index in [1.54, 1.807) is 9.80 Å². The van der Waals surface area contributed by atoms with Gasteiger partial charge in [0.15, 0.2) is 0 Å². The average Bonchev–Trinajstić information content (AvgIpc) is 3.06. The predicted octanol–water partition coefficient (Wildman–Crippen LogP) is 5.32. The van der Waals surface area contributed by atoms with Crippen LogP contribution in [0.1, 0.15) is 48.2 Å². The highest BCUT2D eigenvalue weighted by Crippen LogP contribution is 2.49. The van der Waals surface area contributed by atoms with Crippen molar-refractivity contribution in [2.75, 3.05) is 21.7 Å². The molecule has 2 aliphatic rings. The summed E-state index contributed by atoms with van der Waals surface area (Å²) < 4.78 is 0. The third-order valence-electron chi connectivity index (χ3n) is 6.48. The number of para-hydroxylation sites is 2. The van der Waals surface area contributed by atoms with Gasteiger partial charge in [-0.1, -0.05) is 55.8 Å². The van der Waals surface area contributed by atoms with Gasteiger partial charge in [-0.25, -0.2) is 0 Å². The van der Waals surface area contributed by atoms with Gasteiger partial charge in [-0.3, -0.25) is 14.5 Å². The number of aryl methyl sites for hydroxylation is 1. The molecule has 0 aliphatic carbocycles. The number of benzene rings is 3. The van der Waals surface area contributed by atoms with Crippen LogP contribution < -0.4 is 15.1 Å². The maximum Gasteiger partial charge on any atom is 0.279 e. The number of nitrogens with zero attached hydrogens (tertiary/aromatic N) is 2. The number of rotatable bonds is 5. The molecule has 1 atom stereocenters. The van der Waals surface area contributed by atoms with Crippen molar-refractivity contribution in [2.24, 2.45) is 0 Å². The molecule has 32 heavy (non-hydrogen) atoms. The summed E-state index contributed by atoms with van der Waals surface area (Å²) in [5.41, 5.74) is 3.49. The van der Waals surface area contributed by atoms with Crippen molar-refractivity contribution >= 4 is 28.9 Å². The van der Waals surface area contributed by atoms with Crippen molar-refractivity contribution in [2.45, 2.75) is 38.8 Å². The fraction of sp³-hybridized carbons (Fsp3) is 0.259. The minimum atomic E-state index is -1.32. The van der Waals surface area contributed by atoms with Gasteiger partial charge >= 0.3 is 0 Å². The Balaban J connectivity index is 1.71. The Hall–Kier alpha value is -3.60. The second-order valence-electron chi connectivity index (χ2n) is 8.36. The van der Waals surface area contributed by atoms with Crippen molar-refractivity contribution in [3.8, 4) is 0 Å². The standard InChI is InChI=1S/C27H27N3O2/c1-3-5-10-19-15-17-20(18-16-19)30-25(31)21-11-6-8-13-23(21)28-27(30)22-12-7-9-14-24(22)29(4-2)26(27)32/h6-9,11-18,28H,3-5,10H2,1-2H3/t27-/m1/s1. The highest BCUT2D eigenvalue weighted by atomic mass is 16.2. The van der Waals surface area contributed by atoms with E-state index in [9.17, 15) is 9.59 Å². The van der Waals surface area contributed by atoms with Gasteiger partial charge in [-0.15, -0.1) is 0 Å². The van der Waals surface area contributed by atoms with Crippen LogP contribution in [0.15, 0.2) is 72.8 Å². The first kappa shape index (κ1) is 20.3. The van der Waals surface area contributed by atoms with Crippen LogP contribution >= 0.6 is 0 Å². The van der Waals surface area contributed by atoms with Gasteiger partial charge in [-0.2, -0.15) is 0 Å². The van der Waals surface area contributed by atoms with Crippen LogP contribution in [0.4, 0.5) is 17.1 Å². The van der Waals surface area contributed by atoms with E-state index in [0.717, 1.165) is 30.5 Å². The Morgan fingerprint density at radius 3 is 2.34 bits per heavy atom. The van der Waals surface area contributed by atoms with E-state index in [1.807, 2.05) is 67.6 Å². The summed E-state index contributed by atoms with van der Waals surface area (Å²) in [6, 6.07) is 23.2. The van der Waals surface area contributed by atoms with Crippen molar-refractivity contribution in [3.05, 3.63) is 89.5 Å². The molecule has 2 amide bonds. The molecule has 0 bridgehead atoms. The van der Waals surface area contributed by atoms with Crippen LogP contribution in [0.2, 0.25) is 0 Å². The number of amides is 2. The van der Waals surface area contributed by atoms with E-state index >= 15 is 0 Å². The van der Waals surface area contributed by atoms with Gasteiger partial charge in [0, 0.05) is 23.5 Å². The first-order chi connectivity index (χ1) is 15.6. The number of fused-ring (bicyclic) bond motifs is 3. The van der Waals surface area contributed by atoms with Crippen LogP contribution in [-0.4, -0.2) is 18.4 Å². The highest BCUT2D eigenvalue weighted by molar-refractivity contribution is 6.22. The van der Waals surface area contributed by atoms with Gasteiger partial charge in [0.1, 0.15) is 0 Å². The second kappa shape index (κ2) is 7.83. The van der Waals surface area contributed by atoms with Gasteiger partial charge in [0.25, 0.3) is 11.8 Å². The van der Waals surface area contributed by atoms with Crippen molar-refractivity contribution in [1.29, 1.82) is 0 Å². The predicted molar refractivity (Wildman–Crippen MR) is 128 cm³/mol. The second-order valence-corrected chi connectivity index (χ2v) is 8.36. The Bertz CT molecular complexity index is 1190. The lowest BCUT2D eigenvalue weighted by atomic mass is 9.92. The van der Waals surface area contributed by atoms with Crippen LogP contribution in [0, 0.1) is 0 Å². The summed E-state index contributed by atoms with van der Waals surface area (Å²) in [6.07, 6.45) is 3.26. The fourth-order valence-electron chi connectivity index (χ4n) is 4.89. The third kappa shape index (κ3) is 2.84. The molecule has 0 unspecified atom stereocenters. The number of anilines is 3. The van der Waals surface area contributed by atoms with E-state index in [2.05, 4.69) is 24.4 Å². The first-order valence-corrected chi connectivity index (χ1v) is 11.3. The summed E-state index contributed by atoms with van der Waals surface area (Å²) in [4.78, 5) is 31.3. The number of likely N-dealkylation sites (N-methyl/N-ethyl adjacent to an activating group) is 1. The largest absolute Gasteiger partial charge is 0.350 e. The lowest BCUT2D eigenvalue weighted by Gasteiger charge is -2.45. The third-order valence-corrected chi connectivity index (χ3v) is 6.48. The van der Waals surface area contributed by atoms with Crippen LogP contribution in [0.25, 0.3) is 0 Å². The zero-order valence-corrected chi connectivity index (χ0v) is 18.5. The zero-order valence-electron chi connectivity index (χ0n) is 18.5. The maximum absolute atomic E-state index is 14.0. The molecule has 1 spiro atoms. The normalized spacial score (nSPS) is 19.2. The summed E-state index contributed by atoms with van der Waals surface area (Å²) in [7, 11) is 0. The monoisotopic (exact) mass is 425 g/mol. The van der Waals surface area contributed by atoms with E-state index in [4.69, 9.17) is 0 Å². The van der Waals surface area contributed by atoms with Crippen molar-refractivity contribution < 1.29 is 9.59 Å². The van der Waals surface area contributed by atoms with Crippen LogP contribution in [0.5, 0.6) is 0 Å². The minimum absolute atomic E-state index is 0.140. The molecule has 0 saturated carbocycles. The van der Waals surface area contributed by atoms with Gasteiger partial charge in [0.2, 0.25) is 5.66 Å². The van der Waals surface area contributed by atoms with Crippen molar-refractivity contribution in [3.63, 3.8) is 0 Å². The average molecular weight is 426 g/mol. The lowest BCUT2D eigenvalue weighted by molar-refractivity contribution is -0.122. The molecule has 162 valence electrons. The molecule has 3 aromatic carbocycles. The Morgan fingerprint density at radius 2 is 1.59 bits per heavy atom. The molecular weight excluding hydrogens is 398 g/mol. The molecule has 3 aromatic rings. The summed E-state index contributed by atoms with van der Waals surface area (Å²) >= 11 is 0. The summed E-state index contributed by atoms with van der Waals surface area (Å²) in [5, 5.41) is 3.48. The first-order valence-electron chi connectivity index (χ1n) is 11.3. The molecule has 0 fully saturated rings. The van der Waals surface area contributed by atoms with Crippen molar-refractivity contribution in [1.82, 2.24) is 0 Å². The molecule has 2 aliphatic heterocycles. The number of hydrogen-bond acceptors (Lipinski definition) is 3. The van der Waals surface area contributed by atoms with E-state index < -0.39 is 5.66 Å². The molecule has 0 aromatic heterocycles. The van der Waals surface area contributed by atoms with Gasteiger partial charge in [0.05, 0.1) is 11.3 Å². The fourth-order valence-corrected chi connectivity index (χ4v) is 4.89.